The van der Waals surface area contributed by atoms with Crippen molar-refractivity contribution in [1.82, 2.24) is 5.32 Å². The first-order valence-electron chi connectivity index (χ1n) is 8.67. The van der Waals surface area contributed by atoms with Crippen molar-refractivity contribution < 1.29 is 0 Å². The first kappa shape index (κ1) is 17.0. The van der Waals surface area contributed by atoms with Gasteiger partial charge in [-0.1, -0.05) is 47.1 Å². The van der Waals surface area contributed by atoms with Gasteiger partial charge in [-0.3, -0.25) is 0 Å². The molecule has 1 aliphatic carbocycles. The monoisotopic (exact) mass is 307 g/mol. The van der Waals surface area contributed by atoms with Crippen LogP contribution in [0.3, 0.4) is 0 Å². The highest BCUT2D eigenvalue weighted by Gasteiger charge is 2.29. The molecule has 0 radical (unpaired) electrons. The van der Waals surface area contributed by atoms with Crippen LogP contribution in [0.2, 0.25) is 0 Å². The van der Waals surface area contributed by atoms with Crippen LogP contribution in [0.1, 0.15) is 77.6 Å². The minimum atomic E-state index is 0.472. The molecule has 3 atom stereocenters. The largest absolute Gasteiger partial charge is 0.306 e. The van der Waals surface area contributed by atoms with Gasteiger partial charge in [0.1, 0.15) is 0 Å². The van der Waals surface area contributed by atoms with Crippen molar-refractivity contribution in [2.75, 3.05) is 0 Å². The zero-order valence-electron chi connectivity index (χ0n) is 14.5. The van der Waals surface area contributed by atoms with Crippen LogP contribution in [-0.4, -0.2) is 6.04 Å². The lowest BCUT2D eigenvalue weighted by molar-refractivity contribution is 0.212. The van der Waals surface area contributed by atoms with Gasteiger partial charge in [-0.25, -0.2) is 0 Å². The normalized spacial score (nSPS) is 25.8. The molecular weight excluding hydrogens is 274 g/mol. The molecule has 0 saturated heterocycles. The van der Waals surface area contributed by atoms with Gasteiger partial charge < -0.3 is 5.32 Å². The van der Waals surface area contributed by atoms with E-state index in [9.17, 15) is 0 Å². The highest BCUT2D eigenvalue weighted by molar-refractivity contribution is 7.10. The first-order valence-corrected chi connectivity index (χ1v) is 9.55. The number of hydrogen-bond donors (Lipinski definition) is 1. The Labute approximate surface area is 135 Å². The van der Waals surface area contributed by atoms with Crippen LogP contribution < -0.4 is 5.32 Å². The zero-order chi connectivity index (χ0) is 15.5. The van der Waals surface area contributed by atoms with Crippen LogP contribution in [-0.2, 0) is 0 Å². The molecule has 2 heteroatoms. The Hall–Kier alpha value is -0.340. The van der Waals surface area contributed by atoms with E-state index >= 15 is 0 Å². The molecular formula is C19H33NS. The molecule has 1 N–H and O–H groups in total. The molecule has 0 bridgehead atoms. The van der Waals surface area contributed by atoms with Crippen molar-refractivity contribution >= 4 is 11.3 Å². The standard InChI is InChI=1S/C19H33NS/c1-14(2)18(17-10-7-13-21-17)20-16-9-6-8-15(11-12-16)19(3,4)5/h7,10,13-16,18,20H,6,8-9,11-12H2,1-5H3. The molecule has 1 heterocycles. The van der Waals surface area contributed by atoms with Crippen LogP contribution in [0.25, 0.3) is 0 Å². The zero-order valence-corrected chi connectivity index (χ0v) is 15.3. The molecule has 0 aromatic carbocycles. The summed E-state index contributed by atoms with van der Waals surface area (Å²) in [5.41, 5.74) is 0.472. The molecule has 21 heavy (non-hydrogen) atoms. The van der Waals surface area contributed by atoms with Gasteiger partial charge in [0, 0.05) is 17.0 Å². The number of rotatable bonds is 4. The van der Waals surface area contributed by atoms with Crippen LogP contribution in [0.4, 0.5) is 0 Å². The third-order valence-electron chi connectivity index (χ3n) is 5.13. The molecule has 1 aliphatic rings. The molecule has 0 spiro atoms. The molecule has 0 amide bonds. The number of nitrogens with one attached hydrogen (secondary N) is 1. The van der Waals surface area contributed by atoms with Gasteiger partial charge in [0.2, 0.25) is 0 Å². The van der Waals surface area contributed by atoms with Crippen molar-refractivity contribution in [3.05, 3.63) is 22.4 Å². The maximum absolute atomic E-state index is 3.98. The van der Waals surface area contributed by atoms with E-state index in [-0.39, 0.29) is 0 Å². The van der Waals surface area contributed by atoms with E-state index in [1.165, 1.54) is 37.0 Å². The Morgan fingerprint density at radius 2 is 1.90 bits per heavy atom. The predicted octanol–water partition coefficient (Wildman–Crippen LogP) is 6.03. The average Bonchev–Trinajstić information content (AvgIpc) is 2.79. The highest BCUT2D eigenvalue weighted by atomic mass is 32.1. The van der Waals surface area contributed by atoms with E-state index in [1.54, 1.807) is 0 Å². The lowest BCUT2D eigenvalue weighted by Crippen LogP contribution is -2.35. The molecule has 120 valence electrons. The quantitative estimate of drug-likeness (QED) is 0.670. The molecule has 1 fully saturated rings. The van der Waals surface area contributed by atoms with E-state index in [1.807, 2.05) is 11.3 Å². The third-order valence-corrected chi connectivity index (χ3v) is 6.08. The summed E-state index contributed by atoms with van der Waals surface area (Å²) in [5.74, 6) is 1.55. The number of hydrogen-bond acceptors (Lipinski definition) is 2. The lowest BCUT2D eigenvalue weighted by atomic mass is 9.76. The Balaban J connectivity index is 1.96. The maximum Gasteiger partial charge on any atom is 0.0440 e. The first-order chi connectivity index (χ1) is 9.88. The minimum Gasteiger partial charge on any atom is -0.306 e. The molecule has 1 saturated carbocycles. The fourth-order valence-electron chi connectivity index (χ4n) is 3.66. The summed E-state index contributed by atoms with van der Waals surface area (Å²) >= 11 is 1.90. The van der Waals surface area contributed by atoms with Crippen LogP contribution >= 0.6 is 11.3 Å². The van der Waals surface area contributed by atoms with Crippen molar-refractivity contribution in [1.29, 1.82) is 0 Å². The van der Waals surface area contributed by atoms with Gasteiger partial charge in [-0.15, -0.1) is 11.3 Å². The molecule has 1 aromatic rings. The highest BCUT2D eigenvalue weighted by Crippen LogP contribution is 2.37. The second-order valence-electron chi connectivity index (χ2n) is 8.17. The smallest absolute Gasteiger partial charge is 0.0440 e. The lowest BCUT2D eigenvalue weighted by Gasteiger charge is -2.30. The second-order valence-corrected chi connectivity index (χ2v) is 9.15. The molecule has 3 unspecified atom stereocenters. The van der Waals surface area contributed by atoms with Crippen LogP contribution in [0.5, 0.6) is 0 Å². The van der Waals surface area contributed by atoms with Crippen molar-refractivity contribution in [2.24, 2.45) is 17.3 Å². The van der Waals surface area contributed by atoms with E-state index in [0.29, 0.717) is 23.4 Å². The second kappa shape index (κ2) is 7.28. The van der Waals surface area contributed by atoms with Gasteiger partial charge in [0.05, 0.1) is 0 Å². The van der Waals surface area contributed by atoms with Crippen molar-refractivity contribution in [3.8, 4) is 0 Å². The topological polar surface area (TPSA) is 12.0 Å². The summed E-state index contributed by atoms with van der Waals surface area (Å²) in [4.78, 5) is 1.50. The van der Waals surface area contributed by atoms with Gasteiger partial charge in [0.25, 0.3) is 0 Å². The van der Waals surface area contributed by atoms with Gasteiger partial charge in [-0.05, 0) is 54.4 Å². The predicted molar refractivity (Wildman–Crippen MR) is 94.9 cm³/mol. The minimum absolute atomic E-state index is 0.472. The van der Waals surface area contributed by atoms with E-state index in [0.717, 1.165) is 5.92 Å². The van der Waals surface area contributed by atoms with E-state index < -0.39 is 0 Å². The summed E-state index contributed by atoms with van der Waals surface area (Å²) < 4.78 is 0. The Bertz CT molecular complexity index is 402. The Morgan fingerprint density at radius 3 is 2.48 bits per heavy atom. The molecule has 2 rings (SSSR count). The van der Waals surface area contributed by atoms with Gasteiger partial charge in [0.15, 0.2) is 0 Å². The van der Waals surface area contributed by atoms with Crippen LogP contribution in [0, 0.1) is 17.3 Å². The summed E-state index contributed by atoms with van der Waals surface area (Å²) in [6.07, 6.45) is 6.87. The Kier molecular flexibility index (Phi) is 5.90. The fourth-order valence-corrected chi connectivity index (χ4v) is 4.62. The van der Waals surface area contributed by atoms with Crippen molar-refractivity contribution in [2.45, 2.75) is 78.8 Å². The van der Waals surface area contributed by atoms with Gasteiger partial charge >= 0.3 is 0 Å². The van der Waals surface area contributed by atoms with Crippen LogP contribution in [0.15, 0.2) is 17.5 Å². The summed E-state index contributed by atoms with van der Waals surface area (Å²) in [6.45, 7) is 11.9. The number of thiophene rings is 1. The summed E-state index contributed by atoms with van der Waals surface area (Å²) in [6, 6.07) is 5.70. The fraction of sp³-hybridized carbons (Fsp3) is 0.789. The summed E-state index contributed by atoms with van der Waals surface area (Å²) in [7, 11) is 0. The van der Waals surface area contributed by atoms with E-state index in [4.69, 9.17) is 0 Å². The summed E-state index contributed by atoms with van der Waals surface area (Å²) in [5, 5.41) is 6.18. The average molecular weight is 308 g/mol. The van der Waals surface area contributed by atoms with E-state index in [2.05, 4.69) is 57.4 Å². The Morgan fingerprint density at radius 1 is 1.14 bits per heavy atom. The SMILES string of the molecule is CC(C)C(NC1CCCC(C(C)(C)C)CC1)c1cccs1. The molecule has 0 aliphatic heterocycles. The van der Waals surface area contributed by atoms with Crippen molar-refractivity contribution in [3.63, 3.8) is 0 Å². The third kappa shape index (κ3) is 4.82. The maximum atomic E-state index is 3.98. The molecule has 1 nitrogen and oxygen atoms in total. The molecule has 1 aromatic heterocycles. The van der Waals surface area contributed by atoms with Gasteiger partial charge in [-0.2, -0.15) is 0 Å².